The van der Waals surface area contributed by atoms with Gasteiger partial charge in [0, 0.05) is 24.3 Å². The summed E-state index contributed by atoms with van der Waals surface area (Å²) in [7, 11) is 0. The van der Waals surface area contributed by atoms with E-state index in [4.69, 9.17) is 4.74 Å². The minimum Gasteiger partial charge on any atom is -0.376 e. The summed E-state index contributed by atoms with van der Waals surface area (Å²) in [5.74, 6) is 0.596. The second-order valence-electron chi connectivity index (χ2n) is 4.92. The first-order chi connectivity index (χ1) is 7.83. The molecule has 0 bridgehead atoms. The first-order valence-electron chi connectivity index (χ1n) is 6.24. The molecule has 0 amide bonds. The van der Waals surface area contributed by atoms with Crippen molar-refractivity contribution in [1.29, 1.82) is 0 Å². The lowest BCUT2D eigenvalue weighted by Gasteiger charge is -2.23. The third kappa shape index (κ3) is 1.82. The molecule has 16 heavy (non-hydrogen) atoms. The number of aromatic amines is 1. The van der Waals surface area contributed by atoms with E-state index in [1.165, 1.54) is 19.3 Å². The molecule has 3 rings (SSSR count). The normalized spacial score (nSPS) is 25.9. The van der Waals surface area contributed by atoms with E-state index in [0.29, 0.717) is 12.5 Å². The Kier molecular flexibility index (Phi) is 2.59. The SMILES string of the molecule is O=c1cc(C2CCC2)[nH]n1C[C@@H]1CCCO1. The minimum atomic E-state index is 0.0948. The van der Waals surface area contributed by atoms with E-state index in [0.717, 1.165) is 25.1 Å². The molecule has 1 N–H and O–H groups in total. The molecule has 2 fully saturated rings. The fourth-order valence-electron chi connectivity index (χ4n) is 2.51. The van der Waals surface area contributed by atoms with Gasteiger partial charge >= 0.3 is 0 Å². The third-order valence-electron chi connectivity index (χ3n) is 3.76. The minimum absolute atomic E-state index is 0.0948. The maximum atomic E-state index is 11.7. The average molecular weight is 222 g/mol. The van der Waals surface area contributed by atoms with Gasteiger partial charge in [0.1, 0.15) is 0 Å². The molecule has 0 radical (unpaired) electrons. The number of ether oxygens (including phenoxy) is 1. The van der Waals surface area contributed by atoms with E-state index < -0.39 is 0 Å². The number of aromatic nitrogens is 2. The summed E-state index contributed by atoms with van der Waals surface area (Å²) in [6.07, 6.45) is 6.16. The van der Waals surface area contributed by atoms with Gasteiger partial charge in [-0.1, -0.05) is 6.42 Å². The number of hydrogen-bond donors (Lipinski definition) is 1. The van der Waals surface area contributed by atoms with Crippen LogP contribution in [0.1, 0.15) is 43.7 Å². The third-order valence-corrected chi connectivity index (χ3v) is 3.76. The van der Waals surface area contributed by atoms with Gasteiger partial charge in [-0.25, -0.2) is 0 Å². The van der Waals surface area contributed by atoms with Gasteiger partial charge in [-0.15, -0.1) is 0 Å². The number of nitrogens with zero attached hydrogens (tertiary/aromatic N) is 1. The van der Waals surface area contributed by atoms with Crippen molar-refractivity contribution in [2.45, 2.75) is 50.7 Å². The average Bonchev–Trinajstić information content (AvgIpc) is 2.76. The van der Waals surface area contributed by atoms with Crippen LogP contribution >= 0.6 is 0 Å². The van der Waals surface area contributed by atoms with E-state index in [2.05, 4.69) is 5.10 Å². The van der Waals surface area contributed by atoms with Crippen LogP contribution in [0, 0.1) is 0 Å². The van der Waals surface area contributed by atoms with Gasteiger partial charge < -0.3 is 4.74 Å². The molecule has 4 heteroatoms. The summed E-state index contributed by atoms with van der Waals surface area (Å²) in [5.41, 5.74) is 1.21. The predicted molar refractivity (Wildman–Crippen MR) is 60.6 cm³/mol. The first kappa shape index (κ1) is 10.1. The molecule has 0 aromatic carbocycles. The van der Waals surface area contributed by atoms with E-state index >= 15 is 0 Å². The zero-order valence-corrected chi connectivity index (χ0v) is 9.45. The highest BCUT2D eigenvalue weighted by Crippen LogP contribution is 2.34. The first-order valence-corrected chi connectivity index (χ1v) is 6.24. The second kappa shape index (κ2) is 4.09. The van der Waals surface area contributed by atoms with Crippen LogP contribution in [0.4, 0.5) is 0 Å². The van der Waals surface area contributed by atoms with Crippen LogP contribution in [-0.2, 0) is 11.3 Å². The van der Waals surface area contributed by atoms with Gasteiger partial charge in [0.2, 0.25) is 0 Å². The van der Waals surface area contributed by atoms with Crippen molar-refractivity contribution in [3.63, 3.8) is 0 Å². The fourth-order valence-corrected chi connectivity index (χ4v) is 2.51. The van der Waals surface area contributed by atoms with Crippen LogP contribution in [0.25, 0.3) is 0 Å². The summed E-state index contributed by atoms with van der Waals surface area (Å²) >= 11 is 0. The zero-order chi connectivity index (χ0) is 11.0. The molecule has 0 unspecified atom stereocenters. The number of H-pyrrole nitrogens is 1. The Balaban J connectivity index is 1.73. The second-order valence-corrected chi connectivity index (χ2v) is 4.92. The monoisotopic (exact) mass is 222 g/mol. The largest absolute Gasteiger partial charge is 0.376 e. The lowest BCUT2D eigenvalue weighted by molar-refractivity contribution is 0.0930. The molecule has 1 atom stereocenters. The molecule has 1 saturated carbocycles. The summed E-state index contributed by atoms with van der Waals surface area (Å²) in [6, 6.07) is 1.76. The van der Waals surface area contributed by atoms with Crippen LogP contribution in [-0.4, -0.2) is 22.5 Å². The topological polar surface area (TPSA) is 47.0 Å². The maximum absolute atomic E-state index is 11.7. The standard InChI is InChI=1S/C12H18N2O2/c15-12-7-11(9-3-1-4-9)13-14(12)8-10-5-2-6-16-10/h7,9-10,13H,1-6,8H2/t10-/m0/s1. The Morgan fingerprint density at radius 2 is 2.25 bits per heavy atom. The molecule has 1 aromatic heterocycles. The highest BCUT2D eigenvalue weighted by Gasteiger charge is 2.23. The van der Waals surface area contributed by atoms with Gasteiger partial charge in [-0.2, -0.15) is 0 Å². The Hall–Kier alpha value is -1.03. The van der Waals surface area contributed by atoms with Crippen molar-refractivity contribution in [2.24, 2.45) is 0 Å². The van der Waals surface area contributed by atoms with Gasteiger partial charge in [0.25, 0.3) is 5.56 Å². The summed E-state index contributed by atoms with van der Waals surface area (Å²) < 4.78 is 7.25. The molecule has 1 aromatic rings. The molecule has 2 aliphatic rings. The van der Waals surface area contributed by atoms with E-state index in [1.54, 1.807) is 10.7 Å². The quantitative estimate of drug-likeness (QED) is 0.844. The lowest BCUT2D eigenvalue weighted by atomic mass is 9.83. The summed E-state index contributed by atoms with van der Waals surface area (Å²) in [6.45, 7) is 1.53. The van der Waals surface area contributed by atoms with E-state index in [-0.39, 0.29) is 11.7 Å². The van der Waals surface area contributed by atoms with E-state index in [1.807, 2.05) is 0 Å². The van der Waals surface area contributed by atoms with Crippen molar-refractivity contribution in [2.75, 3.05) is 6.61 Å². The molecular formula is C12H18N2O2. The van der Waals surface area contributed by atoms with Crippen LogP contribution < -0.4 is 5.56 Å². The summed E-state index contributed by atoms with van der Waals surface area (Å²) in [4.78, 5) is 11.7. The fraction of sp³-hybridized carbons (Fsp3) is 0.750. The highest BCUT2D eigenvalue weighted by atomic mass is 16.5. The van der Waals surface area contributed by atoms with Gasteiger partial charge in [0.15, 0.2) is 0 Å². The number of hydrogen-bond acceptors (Lipinski definition) is 2. The van der Waals surface area contributed by atoms with Crippen molar-refractivity contribution >= 4 is 0 Å². The van der Waals surface area contributed by atoms with Crippen molar-refractivity contribution in [1.82, 2.24) is 9.78 Å². The van der Waals surface area contributed by atoms with Crippen molar-refractivity contribution in [3.8, 4) is 0 Å². The number of nitrogens with one attached hydrogen (secondary N) is 1. The number of rotatable bonds is 3. The van der Waals surface area contributed by atoms with Gasteiger partial charge in [-0.3, -0.25) is 14.6 Å². The Morgan fingerprint density at radius 1 is 1.38 bits per heavy atom. The summed E-state index contributed by atoms with van der Waals surface area (Å²) in [5, 5.41) is 3.23. The smallest absolute Gasteiger partial charge is 0.266 e. The van der Waals surface area contributed by atoms with Crippen LogP contribution in [0.3, 0.4) is 0 Å². The maximum Gasteiger partial charge on any atom is 0.266 e. The lowest BCUT2D eigenvalue weighted by Crippen LogP contribution is -2.24. The van der Waals surface area contributed by atoms with Gasteiger partial charge in [-0.05, 0) is 25.7 Å². The Labute approximate surface area is 94.6 Å². The molecule has 4 nitrogen and oxygen atoms in total. The molecule has 1 saturated heterocycles. The van der Waals surface area contributed by atoms with Crippen LogP contribution in [0.15, 0.2) is 10.9 Å². The molecule has 2 heterocycles. The molecule has 0 spiro atoms. The molecular weight excluding hydrogens is 204 g/mol. The van der Waals surface area contributed by atoms with Gasteiger partial charge in [0.05, 0.1) is 12.6 Å². The van der Waals surface area contributed by atoms with Crippen LogP contribution in [0.5, 0.6) is 0 Å². The Morgan fingerprint density at radius 3 is 2.88 bits per heavy atom. The van der Waals surface area contributed by atoms with Crippen molar-refractivity contribution < 1.29 is 4.74 Å². The zero-order valence-electron chi connectivity index (χ0n) is 9.45. The molecule has 1 aliphatic carbocycles. The molecule has 1 aliphatic heterocycles. The van der Waals surface area contributed by atoms with Crippen molar-refractivity contribution in [3.05, 3.63) is 22.1 Å². The van der Waals surface area contributed by atoms with Crippen LogP contribution in [0.2, 0.25) is 0 Å². The predicted octanol–water partition coefficient (Wildman–Crippen LogP) is 1.62. The highest BCUT2D eigenvalue weighted by molar-refractivity contribution is 5.09. The molecule has 88 valence electrons. The Bertz CT molecular complexity index is 411. The van der Waals surface area contributed by atoms with E-state index in [9.17, 15) is 4.79 Å².